The third kappa shape index (κ3) is 5.65. The van der Waals surface area contributed by atoms with Crippen molar-refractivity contribution in [3.05, 3.63) is 82.9 Å². The van der Waals surface area contributed by atoms with Crippen LogP contribution in [0.15, 0.2) is 60.7 Å². The highest BCUT2D eigenvalue weighted by molar-refractivity contribution is 6.02. The molecule has 3 aliphatic rings. The number of fused-ring (bicyclic) bond motifs is 6. The molecule has 0 saturated carbocycles. The third-order valence-corrected chi connectivity index (χ3v) is 10.4. The summed E-state index contributed by atoms with van der Waals surface area (Å²) in [7, 11) is 0. The van der Waals surface area contributed by atoms with E-state index in [1.165, 1.54) is 0 Å². The van der Waals surface area contributed by atoms with Gasteiger partial charge in [-0.05, 0) is 83.9 Å². The molecule has 3 aromatic rings. The number of carbonyl (C=O) groups excluding carboxylic acids is 1. The van der Waals surface area contributed by atoms with Crippen molar-refractivity contribution in [1.82, 2.24) is 14.7 Å². The van der Waals surface area contributed by atoms with E-state index in [0.29, 0.717) is 6.54 Å². The van der Waals surface area contributed by atoms with Crippen LogP contribution in [-0.2, 0) is 5.54 Å². The second-order valence-electron chi connectivity index (χ2n) is 12.7. The van der Waals surface area contributed by atoms with E-state index in [9.17, 15) is 4.79 Å². The number of anilines is 2. The molecule has 8 nitrogen and oxygen atoms in total. The van der Waals surface area contributed by atoms with E-state index in [1.807, 2.05) is 12.1 Å². The highest BCUT2D eigenvalue weighted by Crippen LogP contribution is 2.58. The second kappa shape index (κ2) is 14.0. The zero-order valence-electron chi connectivity index (χ0n) is 28.3. The Hall–Kier alpha value is -3.59. The van der Waals surface area contributed by atoms with Crippen molar-refractivity contribution < 1.29 is 9.53 Å². The van der Waals surface area contributed by atoms with Crippen LogP contribution in [0.2, 0.25) is 0 Å². The maximum Gasteiger partial charge on any atom is 0.255 e. The summed E-state index contributed by atoms with van der Waals surface area (Å²) in [5.74, 6) is 1.76. The lowest BCUT2D eigenvalue weighted by atomic mass is 9.74. The molecule has 2 N–H and O–H groups in total. The molecule has 0 atom stereocenters. The van der Waals surface area contributed by atoms with Crippen LogP contribution in [0.1, 0.15) is 67.6 Å². The smallest absolute Gasteiger partial charge is 0.255 e. The molecule has 0 radical (unpaired) electrons. The van der Waals surface area contributed by atoms with Crippen LogP contribution in [0.4, 0.5) is 11.4 Å². The molecule has 1 fully saturated rings. The van der Waals surface area contributed by atoms with Gasteiger partial charge in [-0.2, -0.15) is 0 Å². The number of rotatable bonds is 13. The van der Waals surface area contributed by atoms with Gasteiger partial charge in [-0.25, -0.2) is 0 Å². The van der Waals surface area contributed by atoms with E-state index < -0.39 is 5.54 Å². The minimum atomic E-state index is -0.763. The molecular formula is C38H52N6O2. The predicted octanol–water partition coefficient (Wildman–Crippen LogP) is 5.59. The zero-order valence-corrected chi connectivity index (χ0v) is 28.3. The first kappa shape index (κ1) is 32.4. The van der Waals surface area contributed by atoms with Crippen LogP contribution in [0, 0.1) is 0 Å². The summed E-state index contributed by atoms with van der Waals surface area (Å²) in [6.45, 7) is 20.2. The number of nitrogens with zero attached hydrogens (tertiary/aromatic N) is 5. The van der Waals surface area contributed by atoms with Crippen LogP contribution < -0.4 is 20.3 Å². The van der Waals surface area contributed by atoms with E-state index >= 15 is 0 Å². The van der Waals surface area contributed by atoms with Gasteiger partial charge in [0.2, 0.25) is 0 Å². The van der Waals surface area contributed by atoms with Crippen LogP contribution >= 0.6 is 0 Å². The van der Waals surface area contributed by atoms with Gasteiger partial charge in [0.05, 0.1) is 0 Å². The zero-order chi connectivity index (χ0) is 32.3. The van der Waals surface area contributed by atoms with E-state index in [2.05, 4.69) is 101 Å². The number of piperazine rings is 1. The first-order valence-electron chi connectivity index (χ1n) is 17.5. The van der Waals surface area contributed by atoms with Crippen molar-refractivity contribution in [1.29, 1.82) is 0 Å². The third-order valence-electron chi connectivity index (χ3n) is 10.4. The van der Waals surface area contributed by atoms with Crippen molar-refractivity contribution in [2.75, 3.05) is 88.3 Å². The number of hydrogen-bond donors (Lipinski definition) is 1. The van der Waals surface area contributed by atoms with E-state index in [0.717, 1.165) is 130 Å². The van der Waals surface area contributed by atoms with Gasteiger partial charge in [0.15, 0.2) is 0 Å². The standard InChI is InChI=1S/C38H52N6O2/c1-5-42(6-2)29-15-17-33-35(27-29)46-36-28-30(43(7-3)8-4)16-18-34(36)38(33)32-14-10-9-13-31(32)37(45)44(38)22-12-21-41-25-23-40(24-26-41)20-11-19-39/h9-10,13-18,27-28H,5-8,11-12,19-26,39H2,1-4H3. The van der Waals surface area contributed by atoms with E-state index in [1.54, 1.807) is 0 Å². The fourth-order valence-electron chi connectivity index (χ4n) is 7.91. The summed E-state index contributed by atoms with van der Waals surface area (Å²) >= 11 is 0. The summed E-state index contributed by atoms with van der Waals surface area (Å²) in [5.41, 5.74) is 11.2. The number of amides is 1. The molecule has 8 heteroatoms. The Bertz CT molecular complexity index is 1450. The molecule has 1 spiro atoms. The van der Waals surface area contributed by atoms with Gasteiger partial charge < -0.3 is 35.0 Å². The molecular weight excluding hydrogens is 572 g/mol. The topological polar surface area (TPSA) is 68.5 Å². The predicted molar refractivity (Wildman–Crippen MR) is 189 cm³/mol. The quantitative estimate of drug-likeness (QED) is 0.266. The van der Waals surface area contributed by atoms with Crippen LogP contribution in [0.3, 0.4) is 0 Å². The molecule has 3 aromatic carbocycles. The summed E-state index contributed by atoms with van der Waals surface area (Å²) in [4.78, 5) is 26.4. The maximum absolute atomic E-state index is 14.5. The average molecular weight is 625 g/mol. The van der Waals surface area contributed by atoms with Gasteiger partial charge in [0, 0.05) is 99.1 Å². The van der Waals surface area contributed by atoms with Crippen molar-refractivity contribution >= 4 is 17.3 Å². The lowest BCUT2D eigenvalue weighted by molar-refractivity contribution is 0.0643. The van der Waals surface area contributed by atoms with Gasteiger partial charge >= 0.3 is 0 Å². The molecule has 3 heterocycles. The van der Waals surface area contributed by atoms with Crippen molar-refractivity contribution in [2.24, 2.45) is 5.73 Å². The lowest BCUT2D eigenvalue weighted by Crippen LogP contribution is -2.49. The number of nitrogens with two attached hydrogens (primary N) is 1. The molecule has 1 amide bonds. The summed E-state index contributed by atoms with van der Waals surface area (Å²) in [6.07, 6.45) is 1.96. The molecule has 1 saturated heterocycles. The number of ether oxygens (including phenoxy) is 1. The molecule has 0 aromatic heterocycles. The first-order valence-corrected chi connectivity index (χ1v) is 17.5. The van der Waals surface area contributed by atoms with Crippen molar-refractivity contribution in [3.8, 4) is 11.5 Å². The Morgan fingerprint density at radius 1 is 0.696 bits per heavy atom. The SMILES string of the molecule is CCN(CC)c1ccc2c(c1)Oc1cc(N(CC)CC)ccc1C21c2ccccc2C(=O)N1CCCN1CCN(CCCN)CC1. The largest absolute Gasteiger partial charge is 0.456 e. The fourth-order valence-corrected chi connectivity index (χ4v) is 7.91. The van der Waals surface area contributed by atoms with Gasteiger partial charge in [-0.3, -0.25) is 4.79 Å². The second-order valence-corrected chi connectivity index (χ2v) is 12.7. The molecule has 3 aliphatic heterocycles. The Morgan fingerprint density at radius 2 is 1.22 bits per heavy atom. The number of hydrogen-bond acceptors (Lipinski definition) is 7. The van der Waals surface area contributed by atoms with Gasteiger partial charge in [-0.15, -0.1) is 0 Å². The molecule has 246 valence electrons. The molecule has 46 heavy (non-hydrogen) atoms. The van der Waals surface area contributed by atoms with Crippen LogP contribution in [0.25, 0.3) is 0 Å². The summed E-state index contributed by atoms with van der Waals surface area (Å²) in [5, 5.41) is 0. The van der Waals surface area contributed by atoms with E-state index in [-0.39, 0.29) is 5.91 Å². The molecule has 0 bridgehead atoms. The van der Waals surface area contributed by atoms with Crippen molar-refractivity contribution in [2.45, 2.75) is 46.1 Å². The number of benzene rings is 3. The minimum absolute atomic E-state index is 0.0987. The number of carbonyl (C=O) groups is 1. The highest BCUT2D eigenvalue weighted by atomic mass is 16.5. The van der Waals surface area contributed by atoms with Crippen molar-refractivity contribution in [3.63, 3.8) is 0 Å². The van der Waals surface area contributed by atoms with Gasteiger partial charge in [0.25, 0.3) is 5.91 Å². The van der Waals surface area contributed by atoms with Gasteiger partial charge in [-0.1, -0.05) is 30.3 Å². The average Bonchev–Trinajstić information content (AvgIpc) is 3.33. The minimum Gasteiger partial charge on any atom is -0.456 e. The Labute approximate surface area is 275 Å². The fraction of sp³-hybridized carbons (Fsp3) is 0.500. The summed E-state index contributed by atoms with van der Waals surface area (Å²) in [6, 6.07) is 21.4. The Morgan fingerprint density at radius 3 is 1.74 bits per heavy atom. The van der Waals surface area contributed by atoms with Crippen LogP contribution in [-0.4, -0.2) is 99.1 Å². The molecule has 6 rings (SSSR count). The first-order chi connectivity index (χ1) is 22.5. The van der Waals surface area contributed by atoms with Crippen LogP contribution in [0.5, 0.6) is 11.5 Å². The van der Waals surface area contributed by atoms with Gasteiger partial charge in [0.1, 0.15) is 17.0 Å². The summed E-state index contributed by atoms with van der Waals surface area (Å²) < 4.78 is 6.85. The lowest BCUT2D eigenvalue weighted by Gasteiger charge is -2.45. The monoisotopic (exact) mass is 624 g/mol. The molecule has 0 aliphatic carbocycles. The maximum atomic E-state index is 14.5. The molecule has 0 unspecified atom stereocenters. The Balaban J connectivity index is 1.41. The normalized spacial score (nSPS) is 17.1. The Kier molecular flexibility index (Phi) is 9.87. The van der Waals surface area contributed by atoms with E-state index in [4.69, 9.17) is 10.5 Å². The highest BCUT2D eigenvalue weighted by Gasteiger charge is 2.56.